The van der Waals surface area contributed by atoms with Gasteiger partial charge < -0.3 is 0 Å². The van der Waals surface area contributed by atoms with Crippen LogP contribution >= 0.6 is 11.8 Å². The van der Waals surface area contributed by atoms with Gasteiger partial charge in [-0.25, -0.2) is 4.21 Å². The summed E-state index contributed by atoms with van der Waals surface area (Å²) in [6.07, 6.45) is 1.71. The quantitative estimate of drug-likeness (QED) is 0.782. The maximum absolute atomic E-state index is 12.0. The highest BCUT2D eigenvalue weighted by Crippen LogP contribution is 2.48. The highest BCUT2D eigenvalue weighted by atomic mass is 32.2. The lowest BCUT2D eigenvalue weighted by atomic mass is 10.2. The standard InChI is InChI=1S/C13H11NOS2/c1-17(15)14-10-6-2-4-8-12(10)16-13-9-5-3-7-11(13)14/h2-9H,1H3. The molecule has 0 spiro atoms. The first-order chi connectivity index (χ1) is 8.27. The van der Waals surface area contributed by atoms with Crippen LogP contribution < -0.4 is 4.31 Å². The average molecular weight is 261 g/mol. The number of nitrogens with zero attached hydrogens (tertiary/aromatic N) is 1. The minimum atomic E-state index is -1.05. The van der Waals surface area contributed by atoms with Crippen molar-refractivity contribution in [2.24, 2.45) is 0 Å². The van der Waals surface area contributed by atoms with E-state index >= 15 is 0 Å². The molecular formula is C13H11NOS2. The van der Waals surface area contributed by atoms with Crippen LogP contribution in [0.15, 0.2) is 58.3 Å². The van der Waals surface area contributed by atoms with Gasteiger partial charge in [0.15, 0.2) is 0 Å². The van der Waals surface area contributed by atoms with Crippen molar-refractivity contribution < 1.29 is 4.21 Å². The zero-order valence-electron chi connectivity index (χ0n) is 9.29. The highest BCUT2D eigenvalue weighted by molar-refractivity contribution is 8.00. The highest BCUT2D eigenvalue weighted by Gasteiger charge is 2.24. The Balaban J connectivity index is 2.24. The Bertz CT molecular complexity index is 552. The molecule has 0 amide bonds. The van der Waals surface area contributed by atoms with Crippen molar-refractivity contribution in [1.29, 1.82) is 0 Å². The van der Waals surface area contributed by atoms with Gasteiger partial charge in [0.1, 0.15) is 11.0 Å². The lowest BCUT2D eigenvalue weighted by Crippen LogP contribution is -2.21. The zero-order chi connectivity index (χ0) is 11.8. The van der Waals surface area contributed by atoms with Gasteiger partial charge in [0.2, 0.25) is 0 Å². The van der Waals surface area contributed by atoms with Crippen molar-refractivity contribution in [3.8, 4) is 0 Å². The number of benzene rings is 2. The molecule has 0 saturated heterocycles. The Morgan fingerprint density at radius 3 is 1.88 bits per heavy atom. The van der Waals surface area contributed by atoms with E-state index < -0.39 is 11.0 Å². The summed E-state index contributed by atoms with van der Waals surface area (Å²) in [5, 5.41) is 0. The van der Waals surface area contributed by atoms with E-state index in [1.807, 2.05) is 40.7 Å². The third kappa shape index (κ3) is 1.77. The van der Waals surface area contributed by atoms with Crippen LogP contribution in [-0.4, -0.2) is 10.5 Å². The van der Waals surface area contributed by atoms with Gasteiger partial charge in [-0.2, -0.15) is 0 Å². The summed E-state index contributed by atoms with van der Waals surface area (Å²) in [6.45, 7) is 0. The lowest BCUT2D eigenvalue weighted by molar-refractivity contribution is 0.686. The Kier molecular flexibility index (Phi) is 2.68. The predicted octanol–water partition coefficient (Wildman–Crippen LogP) is 3.58. The molecule has 1 heterocycles. The second-order valence-corrected chi connectivity index (χ2v) is 6.05. The Morgan fingerprint density at radius 1 is 0.941 bits per heavy atom. The van der Waals surface area contributed by atoms with Crippen LogP contribution in [0.4, 0.5) is 11.4 Å². The first-order valence-electron chi connectivity index (χ1n) is 5.27. The maximum Gasteiger partial charge on any atom is 0.121 e. The topological polar surface area (TPSA) is 20.3 Å². The molecule has 2 aromatic rings. The van der Waals surface area contributed by atoms with Gasteiger partial charge in [-0.1, -0.05) is 36.0 Å². The van der Waals surface area contributed by atoms with E-state index in [2.05, 4.69) is 12.1 Å². The number of anilines is 2. The monoisotopic (exact) mass is 261 g/mol. The summed E-state index contributed by atoms with van der Waals surface area (Å²) >= 11 is 1.73. The van der Waals surface area contributed by atoms with E-state index in [4.69, 9.17) is 0 Å². The number of hydrogen-bond donors (Lipinski definition) is 0. The molecule has 0 fully saturated rings. The zero-order valence-corrected chi connectivity index (χ0v) is 10.9. The van der Waals surface area contributed by atoms with Crippen molar-refractivity contribution in [3.05, 3.63) is 48.5 Å². The molecule has 17 heavy (non-hydrogen) atoms. The molecule has 1 aliphatic rings. The van der Waals surface area contributed by atoms with Gasteiger partial charge in [-0.3, -0.25) is 4.31 Å². The third-order valence-electron chi connectivity index (χ3n) is 2.65. The normalized spacial score (nSPS) is 15.0. The van der Waals surface area contributed by atoms with Crippen LogP contribution in [0.3, 0.4) is 0 Å². The molecule has 0 radical (unpaired) electrons. The smallest absolute Gasteiger partial charge is 0.121 e. The first-order valence-corrected chi connectivity index (χ1v) is 7.60. The summed E-state index contributed by atoms with van der Waals surface area (Å²) in [4.78, 5) is 2.31. The second kappa shape index (κ2) is 4.20. The van der Waals surface area contributed by atoms with Gasteiger partial charge in [-0.15, -0.1) is 0 Å². The molecule has 86 valence electrons. The summed E-state index contributed by atoms with van der Waals surface area (Å²) in [7, 11) is -1.05. The second-order valence-electron chi connectivity index (χ2n) is 3.76. The molecule has 0 N–H and O–H groups in total. The molecule has 2 nitrogen and oxygen atoms in total. The van der Waals surface area contributed by atoms with Gasteiger partial charge in [0.05, 0.1) is 11.4 Å². The molecular weight excluding hydrogens is 250 g/mol. The average Bonchev–Trinajstić information content (AvgIpc) is 2.35. The first kappa shape index (κ1) is 10.9. The predicted molar refractivity (Wildman–Crippen MR) is 73.2 cm³/mol. The Hall–Kier alpha value is -1.26. The van der Waals surface area contributed by atoms with Crippen molar-refractivity contribution in [3.63, 3.8) is 0 Å². The Morgan fingerprint density at radius 2 is 1.41 bits per heavy atom. The third-order valence-corrected chi connectivity index (χ3v) is 4.68. The minimum absolute atomic E-state index is 1.03. The molecule has 0 bridgehead atoms. The van der Waals surface area contributed by atoms with E-state index in [0.717, 1.165) is 21.2 Å². The van der Waals surface area contributed by atoms with E-state index in [0.29, 0.717) is 0 Å². The van der Waals surface area contributed by atoms with E-state index in [1.54, 1.807) is 18.0 Å². The molecule has 0 aromatic heterocycles. The van der Waals surface area contributed by atoms with Crippen LogP contribution in [0.25, 0.3) is 0 Å². The molecule has 1 aliphatic heterocycles. The minimum Gasteiger partial charge on any atom is -0.258 e. The van der Waals surface area contributed by atoms with E-state index in [1.165, 1.54) is 0 Å². The summed E-state index contributed by atoms with van der Waals surface area (Å²) in [5.41, 5.74) is 2.05. The molecule has 1 unspecified atom stereocenters. The van der Waals surface area contributed by atoms with Crippen molar-refractivity contribution in [2.45, 2.75) is 9.79 Å². The number of hydrogen-bond acceptors (Lipinski definition) is 2. The summed E-state index contributed by atoms with van der Waals surface area (Å²) < 4.78 is 13.8. The van der Waals surface area contributed by atoms with Crippen molar-refractivity contribution >= 4 is 34.1 Å². The van der Waals surface area contributed by atoms with Gasteiger partial charge in [0, 0.05) is 16.0 Å². The molecule has 0 saturated carbocycles. The van der Waals surface area contributed by atoms with E-state index in [-0.39, 0.29) is 0 Å². The SMILES string of the molecule is CS(=O)N1c2ccccc2Sc2ccccc21. The van der Waals surface area contributed by atoms with Gasteiger partial charge in [-0.05, 0) is 24.3 Å². The van der Waals surface area contributed by atoms with Crippen LogP contribution in [0.1, 0.15) is 0 Å². The van der Waals surface area contributed by atoms with Crippen LogP contribution in [-0.2, 0) is 11.0 Å². The van der Waals surface area contributed by atoms with Crippen LogP contribution in [0.5, 0.6) is 0 Å². The summed E-state index contributed by atoms with van der Waals surface area (Å²) in [6, 6.07) is 16.1. The Labute approximate surface area is 107 Å². The van der Waals surface area contributed by atoms with Crippen LogP contribution in [0.2, 0.25) is 0 Å². The fourth-order valence-corrected chi connectivity index (χ4v) is 3.99. The number of para-hydroxylation sites is 2. The van der Waals surface area contributed by atoms with Gasteiger partial charge >= 0.3 is 0 Å². The lowest BCUT2D eigenvalue weighted by Gasteiger charge is -2.30. The fourth-order valence-electron chi connectivity index (χ4n) is 1.95. The molecule has 3 rings (SSSR count). The van der Waals surface area contributed by atoms with Crippen molar-refractivity contribution in [2.75, 3.05) is 10.6 Å². The van der Waals surface area contributed by atoms with Gasteiger partial charge in [0.25, 0.3) is 0 Å². The molecule has 1 atom stereocenters. The van der Waals surface area contributed by atoms with Crippen molar-refractivity contribution in [1.82, 2.24) is 0 Å². The number of rotatable bonds is 1. The maximum atomic E-state index is 12.0. The van der Waals surface area contributed by atoms with Crippen LogP contribution in [0, 0.1) is 0 Å². The van der Waals surface area contributed by atoms with E-state index in [9.17, 15) is 4.21 Å². The summed E-state index contributed by atoms with van der Waals surface area (Å²) in [5.74, 6) is 0. The molecule has 4 heteroatoms. The largest absolute Gasteiger partial charge is 0.258 e. The number of fused-ring (bicyclic) bond motifs is 2. The molecule has 0 aliphatic carbocycles. The molecule has 2 aromatic carbocycles. The fraction of sp³-hybridized carbons (Fsp3) is 0.0769.